The highest BCUT2D eigenvalue weighted by Crippen LogP contribution is 2.31. The van der Waals surface area contributed by atoms with Crippen molar-refractivity contribution in [3.8, 4) is 0 Å². The van der Waals surface area contributed by atoms with Gasteiger partial charge in [0.1, 0.15) is 5.82 Å². The number of rotatable bonds is 3. The molecule has 0 radical (unpaired) electrons. The average Bonchev–Trinajstić information content (AvgIpc) is 2.55. The molecule has 120 valence electrons. The molecule has 1 aliphatic rings. The Morgan fingerprint density at radius 2 is 2.04 bits per heavy atom. The second kappa shape index (κ2) is 6.50. The van der Waals surface area contributed by atoms with Gasteiger partial charge in [-0.2, -0.15) is 0 Å². The number of aliphatic hydroxyl groups excluding tert-OH is 1. The van der Waals surface area contributed by atoms with E-state index in [0.717, 1.165) is 16.7 Å². The lowest BCUT2D eigenvalue weighted by atomic mass is 9.93. The van der Waals surface area contributed by atoms with Gasteiger partial charge in [0.05, 0.1) is 18.6 Å². The van der Waals surface area contributed by atoms with Gasteiger partial charge in [0.25, 0.3) is 0 Å². The molecular weight excluding hydrogens is 293 g/mol. The largest absolute Gasteiger partial charge is 0.388 e. The zero-order valence-corrected chi connectivity index (χ0v) is 13.1. The lowest BCUT2D eigenvalue weighted by Gasteiger charge is -2.36. The number of amides is 1. The van der Waals surface area contributed by atoms with Crippen molar-refractivity contribution in [1.82, 2.24) is 4.90 Å². The maximum atomic E-state index is 13.3. The monoisotopic (exact) mass is 313 g/mol. The van der Waals surface area contributed by atoms with Crippen molar-refractivity contribution >= 4 is 5.91 Å². The first-order valence-corrected chi connectivity index (χ1v) is 7.87. The van der Waals surface area contributed by atoms with E-state index in [1.165, 1.54) is 6.07 Å². The lowest BCUT2D eigenvalue weighted by Crippen LogP contribution is -2.39. The molecule has 23 heavy (non-hydrogen) atoms. The number of carbonyl (C=O) groups excluding carboxylic acids is 1. The normalized spacial score (nSPS) is 18.4. The Labute approximate surface area is 135 Å². The number of halogens is 1. The summed E-state index contributed by atoms with van der Waals surface area (Å²) in [6, 6.07) is 13.8. The lowest BCUT2D eigenvalue weighted by molar-refractivity contribution is -0.135. The number of aliphatic hydroxyl groups is 1. The summed E-state index contributed by atoms with van der Waals surface area (Å²) in [5.41, 5.74) is 2.69. The molecule has 0 bridgehead atoms. The zero-order valence-electron chi connectivity index (χ0n) is 13.1. The van der Waals surface area contributed by atoms with Crippen LogP contribution in [0.2, 0.25) is 0 Å². The Bertz CT molecular complexity index is 702. The maximum absolute atomic E-state index is 13.3. The SMILES string of the molecule is CC1c2ccc(F)cc2CCN1C(=O)CC(O)c1ccccc1. The van der Waals surface area contributed by atoms with Gasteiger partial charge in [-0.15, -0.1) is 0 Å². The van der Waals surface area contributed by atoms with Crippen molar-refractivity contribution in [3.63, 3.8) is 0 Å². The van der Waals surface area contributed by atoms with Crippen LogP contribution in [0.25, 0.3) is 0 Å². The smallest absolute Gasteiger partial charge is 0.226 e. The molecule has 1 amide bonds. The fourth-order valence-electron chi connectivity index (χ4n) is 3.22. The minimum atomic E-state index is -0.800. The van der Waals surface area contributed by atoms with Crippen LogP contribution in [0.5, 0.6) is 0 Å². The van der Waals surface area contributed by atoms with Gasteiger partial charge in [-0.3, -0.25) is 4.79 Å². The Morgan fingerprint density at radius 3 is 2.78 bits per heavy atom. The Hall–Kier alpha value is -2.20. The van der Waals surface area contributed by atoms with Gasteiger partial charge in [-0.25, -0.2) is 4.39 Å². The predicted molar refractivity (Wildman–Crippen MR) is 86.3 cm³/mol. The number of carbonyl (C=O) groups is 1. The molecule has 0 aromatic heterocycles. The maximum Gasteiger partial charge on any atom is 0.226 e. The predicted octanol–water partition coefficient (Wildman–Crippen LogP) is 3.40. The Morgan fingerprint density at radius 1 is 1.30 bits per heavy atom. The average molecular weight is 313 g/mol. The fourth-order valence-corrected chi connectivity index (χ4v) is 3.22. The summed E-state index contributed by atoms with van der Waals surface area (Å²) in [6.07, 6.45) is -0.0966. The molecule has 2 aromatic rings. The summed E-state index contributed by atoms with van der Waals surface area (Å²) in [6.45, 7) is 2.50. The first kappa shape index (κ1) is 15.7. The molecule has 2 atom stereocenters. The van der Waals surface area contributed by atoms with Crippen LogP contribution >= 0.6 is 0 Å². The van der Waals surface area contributed by atoms with Crippen LogP contribution in [0.4, 0.5) is 4.39 Å². The molecule has 0 fully saturated rings. The summed E-state index contributed by atoms with van der Waals surface area (Å²) in [7, 11) is 0. The van der Waals surface area contributed by atoms with Crippen molar-refractivity contribution in [2.45, 2.75) is 31.9 Å². The highest BCUT2D eigenvalue weighted by atomic mass is 19.1. The minimum absolute atomic E-state index is 0.0604. The van der Waals surface area contributed by atoms with E-state index in [0.29, 0.717) is 13.0 Å². The van der Waals surface area contributed by atoms with Gasteiger partial charge < -0.3 is 10.0 Å². The van der Waals surface area contributed by atoms with Gasteiger partial charge in [0.15, 0.2) is 0 Å². The van der Waals surface area contributed by atoms with E-state index < -0.39 is 6.10 Å². The van der Waals surface area contributed by atoms with Crippen LogP contribution < -0.4 is 0 Å². The molecule has 1 aliphatic heterocycles. The molecular formula is C19H20FNO2. The third kappa shape index (κ3) is 3.27. The number of hydrogen-bond acceptors (Lipinski definition) is 2. The first-order chi connectivity index (χ1) is 11.1. The van der Waals surface area contributed by atoms with Crippen LogP contribution in [0.3, 0.4) is 0 Å². The van der Waals surface area contributed by atoms with Gasteiger partial charge in [-0.1, -0.05) is 36.4 Å². The Kier molecular flexibility index (Phi) is 4.44. The first-order valence-electron chi connectivity index (χ1n) is 7.87. The quantitative estimate of drug-likeness (QED) is 0.943. The van der Waals surface area contributed by atoms with Crippen LogP contribution in [0.15, 0.2) is 48.5 Å². The third-order valence-electron chi connectivity index (χ3n) is 4.52. The van der Waals surface area contributed by atoms with E-state index in [-0.39, 0.29) is 24.2 Å². The van der Waals surface area contributed by atoms with E-state index in [1.807, 2.05) is 37.3 Å². The van der Waals surface area contributed by atoms with E-state index in [2.05, 4.69) is 0 Å². The van der Waals surface area contributed by atoms with Crippen LogP contribution in [0.1, 0.15) is 42.2 Å². The summed E-state index contributed by atoms with van der Waals surface area (Å²) < 4.78 is 13.3. The van der Waals surface area contributed by atoms with Crippen LogP contribution in [-0.2, 0) is 11.2 Å². The Balaban J connectivity index is 1.72. The molecule has 3 nitrogen and oxygen atoms in total. The van der Waals surface area contributed by atoms with Gasteiger partial charge >= 0.3 is 0 Å². The second-order valence-electron chi connectivity index (χ2n) is 5.99. The standard InChI is InChI=1S/C19H20FNO2/c1-13-17-8-7-16(20)11-15(17)9-10-21(13)19(23)12-18(22)14-5-3-2-4-6-14/h2-8,11,13,18,22H,9-10,12H2,1H3. The highest BCUT2D eigenvalue weighted by Gasteiger charge is 2.28. The van der Waals surface area contributed by atoms with Crippen molar-refractivity contribution < 1.29 is 14.3 Å². The van der Waals surface area contributed by atoms with Crippen molar-refractivity contribution in [1.29, 1.82) is 0 Å². The van der Waals surface area contributed by atoms with Crippen LogP contribution in [0, 0.1) is 5.82 Å². The number of benzene rings is 2. The topological polar surface area (TPSA) is 40.5 Å². The van der Waals surface area contributed by atoms with Crippen LogP contribution in [-0.4, -0.2) is 22.5 Å². The number of fused-ring (bicyclic) bond motifs is 1. The molecule has 0 spiro atoms. The van der Waals surface area contributed by atoms with E-state index in [1.54, 1.807) is 17.0 Å². The molecule has 0 aliphatic carbocycles. The molecule has 3 rings (SSSR count). The van der Waals surface area contributed by atoms with Crippen molar-refractivity contribution in [2.75, 3.05) is 6.54 Å². The van der Waals surface area contributed by atoms with Gasteiger partial charge in [0, 0.05) is 6.54 Å². The van der Waals surface area contributed by atoms with E-state index in [4.69, 9.17) is 0 Å². The van der Waals surface area contributed by atoms with Crippen molar-refractivity contribution in [3.05, 3.63) is 71.0 Å². The van der Waals surface area contributed by atoms with Crippen molar-refractivity contribution in [2.24, 2.45) is 0 Å². The number of nitrogens with zero attached hydrogens (tertiary/aromatic N) is 1. The molecule has 2 unspecified atom stereocenters. The molecule has 0 saturated heterocycles. The second-order valence-corrected chi connectivity index (χ2v) is 5.99. The van der Waals surface area contributed by atoms with Gasteiger partial charge in [-0.05, 0) is 42.2 Å². The van der Waals surface area contributed by atoms with E-state index in [9.17, 15) is 14.3 Å². The summed E-state index contributed by atoms with van der Waals surface area (Å²) in [5.74, 6) is -0.320. The zero-order chi connectivity index (χ0) is 16.4. The summed E-state index contributed by atoms with van der Waals surface area (Å²) in [5, 5.41) is 10.2. The molecule has 1 heterocycles. The van der Waals surface area contributed by atoms with Gasteiger partial charge in [0.2, 0.25) is 5.91 Å². The fraction of sp³-hybridized carbons (Fsp3) is 0.316. The summed E-state index contributed by atoms with van der Waals surface area (Å²) >= 11 is 0. The molecule has 0 saturated carbocycles. The third-order valence-corrected chi connectivity index (χ3v) is 4.52. The highest BCUT2D eigenvalue weighted by molar-refractivity contribution is 5.77. The molecule has 2 aromatic carbocycles. The molecule has 1 N–H and O–H groups in total. The summed E-state index contributed by atoms with van der Waals surface area (Å²) in [4.78, 5) is 14.3. The molecule has 4 heteroatoms. The minimum Gasteiger partial charge on any atom is -0.388 e. The number of hydrogen-bond donors (Lipinski definition) is 1. The van der Waals surface area contributed by atoms with E-state index >= 15 is 0 Å².